The Morgan fingerprint density at radius 2 is 2.04 bits per heavy atom. The summed E-state index contributed by atoms with van der Waals surface area (Å²) < 4.78 is 32.5. The van der Waals surface area contributed by atoms with Crippen LogP contribution in [0, 0.1) is 0 Å². The summed E-state index contributed by atoms with van der Waals surface area (Å²) in [4.78, 5) is 0.0456. The van der Waals surface area contributed by atoms with Gasteiger partial charge in [-0.2, -0.15) is 4.31 Å². The second-order valence-corrected chi connectivity index (χ2v) is 7.41. The van der Waals surface area contributed by atoms with E-state index in [0.29, 0.717) is 19.4 Å². The summed E-state index contributed by atoms with van der Waals surface area (Å²) in [5, 5.41) is 19.9. The van der Waals surface area contributed by atoms with Gasteiger partial charge in [0.25, 0.3) is 0 Å². The molecule has 2 atom stereocenters. The van der Waals surface area contributed by atoms with Gasteiger partial charge in [-0.1, -0.05) is 18.2 Å². The van der Waals surface area contributed by atoms with Gasteiger partial charge < -0.3 is 14.6 Å². The van der Waals surface area contributed by atoms with E-state index in [1.54, 1.807) is 30.3 Å². The van der Waals surface area contributed by atoms with Crippen LogP contribution < -0.4 is 0 Å². The van der Waals surface area contributed by atoms with E-state index in [4.69, 9.17) is 4.42 Å². The number of nitrogens with zero attached hydrogens (tertiary/aromatic N) is 1. The highest BCUT2D eigenvalue weighted by Gasteiger charge is 2.37. The van der Waals surface area contributed by atoms with E-state index < -0.39 is 22.2 Å². The van der Waals surface area contributed by atoms with Crippen molar-refractivity contribution in [2.24, 2.45) is 0 Å². The van der Waals surface area contributed by atoms with Crippen molar-refractivity contribution in [3.8, 4) is 0 Å². The predicted octanol–water partition coefficient (Wildman–Crippen LogP) is 1.51. The highest BCUT2D eigenvalue weighted by atomic mass is 32.2. The minimum atomic E-state index is -3.80. The molecule has 1 saturated heterocycles. The third-order valence-corrected chi connectivity index (χ3v) is 6.17. The zero-order chi connectivity index (χ0) is 16.4. The summed E-state index contributed by atoms with van der Waals surface area (Å²) in [5.74, 6) is 0.285. The zero-order valence-corrected chi connectivity index (χ0v) is 13.3. The molecule has 1 aromatic heterocycles. The Labute approximate surface area is 135 Å². The summed E-state index contributed by atoms with van der Waals surface area (Å²) >= 11 is 0. The normalized spacial score (nSPS) is 20.7. The largest absolute Gasteiger partial charge is 0.466 e. The molecule has 0 spiro atoms. The summed E-state index contributed by atoms with van der Waals surface area (Å²) in [6, 6.07) is 9.17. The van der Waals surface area contributed by atoms with Crippen molar-refractivity contribution in [3.05, 3.63) is 54.0 Å². The minimum Gasteiger partial charge on any atom is -0.466 e. The summed E-state index contributed by atoms with van der Waals surface area (Å²) in [6.07, 6.45) is 1.62. The monoisotopic (exact) mass is 337 g/mol. The zero-order valence-electron chi connectivity index (χ0n) is 12.5. The summed E-state index contributed by atoms with van der Waals surface area (Å²) in [6.45, 7) is 0.168. The number of hydrogen-bond donors (Lipinski definition) is 2. The second-order valence-electron chi connectivity index (χ2n) is 5.55. The topological polar surface area (TPSA) is 91.0 Å². The Balaban J connectivity index is 2.03. The fourth-order valence-corrected chi connectivity index (χ4v) is 4.89. The van der Waals surface area contributed by atoms with Gasteiger partial charge in [0.2, 0.25) is 10.0 Å². The van der Waals surface area contributed by atoms with E-state index in [0.717, 1.165) is 0 Å². The van der Waals surface area contributed by atoms with Crippen LogP contribution in [0.2, 0.25) is 0 Å². The molecule has 1 fully saturated rings. The molecule has 2 aromatic rings. The van der Waals surface area contributed by atoms with Crippen molar-refractivity contribution in [3.63, 3.8) is 0 Å². The fraction of sp³-hybridized carbons (Fsp3) is 0.375. The lowest BCUT2D eigenvalue weighted by atomic mass is 10.1. The molecule has 2 N–H and O–H groups in total. The molecule has 23 heavy (non-hydrogen) atoms. The van der Waals surface area contributed by atoms with Gasteiger partial charge in [-0.15, -0.1) is 0 Å². The quantitative estimate of drug-likeness (QED) is 0.863. The van der Waals surface area contributed by atoms with Crippen molar-refractivity contribution in [2.45, 2.75) is 29.9 Å². The Kier molecular flexibility index (Phi) is 4.54. The lowest BCUT2D eigenvalue weighted by Gasteiger charge is -2.24. The van der Waals surface area contributed by atoms with E-state index in [1.807, 2.05) is 0 Å². The number of aliphatic hydroxyl groups is 2. The lowest BCUT2D eigenvalue weighted by molar-refractivity contribution is 0.185. The number of sulfonamides is 1. The van der Waals surface area contributed by atoms with Crippen LogP contribution in [-0.2, 0) is 10.0 Å². The van der Waals surface area contributed by atoms with Crippen molar-refractivity contribution in [1.29, 1.82) is 0 Å². The first-order valence-corrected chi connectivity index (χ1v) is 8.93. The van der Waals surface area contributed by atoms with Crippen LogP contribution in [0.1, 0.15) is 30.3 Å². The number of benzene rings is 1. The molecule has 0 radical (unpaired) electrons. The third kappa shape index (κ3) is 2.92. The van der Waals surface area contributed by atoms with Crippen molar-refractivity contribution in [1.82, 2.24) is 4.31 Å². The molecule has 0 unspecified atom stereocenters. The van der Waals surface area contributed by atoms with Gasteiger partial charge in [-0.25, -0.2) is 8.42 Å². The molecule has 0 amide bonds. The van der Waals surface area contributed by atoms with Crippen LogP contribution in [0.5, 0.6) is 0 Å². The number of rotatable bonds is 5. The van der Waals surface area contributed by atoms with Gasteiger partial charge in [-0.3, -0.25) is 0 Å². The van der Waals surface area contributed by atoms with E-state index in [1.165, 1.54) is 16.6 Å². The first kappa shape index (κ1) is 16.2. The molecule has 2 heterocycles. The maximum absolute atomic E-state index is 13.0. The first-order chi connectivity index (χ1) is 11.1. The van der Waals surface area contributed by atoms with Crippen LogP contribution in [0.25, 0.3) is 0 Å². The summed E-state index contributed by atoms with van der Waals surface area (Å²) in [7, 11) is -3.80. The van der Waals surface area contributed by atoms with Gasteiger partial charge in [0.15, 0.2) is 0 Å². The standard InChI is InChI=1S/C16H19NO5S/c18-11-12-5-3-9-17(12)23(20,21)15-8-2-1-6-13(15)16(19)14-7-4-10-22-14/h1-2,4,6-8,10,12,16,18-19H,3,5,9,11H2/t12-,16+/m1/s1. The summed E-state index contributed by atoms with van der Waals surface area (Å²) in [5.41, 5.74) is 0.269. The molecule has 0 aliphatic carbocycles. The number of aliphatic hydroxyl groups excluding tert-OH is 2. The highest BCUT2D eigenvalue weighted by molar-refractivity contribution is 7.89. The molecular formula is C16H19NO5S. The molecule has 7 heteroatoms. The van der Waals surface area contributed by atoms with Crippen LogP contribution in [0.3, 0.4) is 0 Å². The van der Waals surface area contributed by atoms with Crippen LogP contribution in [-0.4, -0.2) is 42.1 Å². The Morgan fingerprint density at radius 3 is 2.74 bits per heavy atom. The molecule has 1 aliphatic rings. The number of hydrogen-bond acceptors (Lipinski definition) is 5. The molecule has 0 saturated carbocycles. The van der Waals surface area contributed by atoms with E-state index in [2.05, 4.69) is 0 Å². The lowest BCUT2D eigenvalue weighted by Crippen LogP contribution is -2.38. The van der Waals surface area contributed by atoms with E-state index in [-0.39, 0.29) is 22.8 Å². The Bertz CT molecular complexity index is 757. The van der Waals surface area contributed by atoms with Crippen LogP contribution in [0.4, 0.5) is 0 Å². The maximum Gasteiger partial charge on any atom is 0.243 e. The molecule has 0 bridgehead atoms. The average Bonchev–Trinajstić information content (AvgIpc) is 3.25. The molecule has 3 rings (SSSR count). The fourth-order valence-electron chi connectivity index (χ4n) is 2.98. The molecular weight excluding hydrogens is 318 g/mol. The molecule has 124 valence electrons. The van der Waals surface area contributed by atoms with Crippen LogP contribution in [0.15, 0.2) is 52.0 Å². The predicted molar refractivity (Wildman–Crippen MR) is 83.2 cm³/mol. The molecule has 6 nitrogen and oxygen atoms in total. The van der Waals surface area contributed by atoms with E-state index >= 15 is 0 Å². The minimum absolute atomic E-state index is 0.0456. The SMILES string of the molecule is O=S(=O)(c1ccccc1[C@H](O)c1ccco1)N1CCC[C@@H]1CO. The maximum atomic E-state index is 13.0. The average molecular weight is 337 g/mol. The van der Waals surface area contributed by atoms with Gasteiger partial charge in [0.05, 0.1) is 17.8 Å². The van der Waals surface area contributed by atoms with Crippen LogP contribution >= 0.6 is 0 Å². The van der Waals surface area contributed by atoms with E-state index in [9.17, 15) is 18.6 Å². The highest BCUT2D eigenvalue weighted by Crippen LogP contribution is 2.32. The molecule has 1 aromatic carbocycles. The molecule has 1 aliphatic heterocycles. The van der Waals surface area contributed by atoms with Gasteiger partial charge in [0, 0.05) is 18.2 Å². The van der Waals surface area contributed by atoms with Gasteiger partial charge in [-0.05, 0) is 31.0 Å². The van der Waals surface area contributed by atoms with Crippen molar-refractivity contribution in [2.75, 3.05) is 13.2 Å². The van der Waals surface area contributed by atoms with Gasteiger partial charge >= 0.3 is 0 Å². The number of furan rings is 1. The first-order valence-electron chi connectivity index (χ1n) is 7.49. The van der Waals surface area contributed by atoms with Gasteiger partial charge in [0.1, 0.15) is 11.9 Å². The smallest absolute Gasteiger partial charge is 0.243 e. The second kappa shape index (κ2) is 6.45. The van der Waals surface area contributed by atoms with Crippen molar-refractivity contribution < 1.29 is 23.0 Å². The third-order valence-electron chi connectivity index (χ3n) is 4.15. The Morgan fingerprint density at radius 1 is 1.26 bits per heavy atom. The van der Waals surface area contributed by atoms with Crippen molar-refractivity contribution >= 4 is 10.0 Å². The Hall–Kier alpha value is -1.67.